The molecule has 1 aliphatic rings. The third-order valence-corrected chi connectivity index (χ3v) is 5.66. The highest BCUT2D eigenvalue weighted by atomic mass is 19.1. The van der Waals surface area contributed by atoms with E-state index in [1.807, 2.05) is 19.9 Å². The molecular formula is C24H24FN5O2. The maximum atomic E-state index is 13.5. The number of hydrogen-bond donors (Lipinski definition) is 3. The summed E-state index contributed by atoms with van der Waals surface area (Å²) in [4.78, 5) is 33.9. The van der Waals surface area contributed by atoms with Crippen molar-refractivity contribution in [1.82, 2.24) is 15.3 Å². The first-order chi connectivity index (χ1) is 15.3. The number of nitrogens with one attached hydrogen (secondary N) is 2. The van der Waals surface area contributed by atoms with E-state index in [0.717, 1.165) is 5.56 Å². The second-order valence-electron chi connectivity index (χ2n) is 8.35. The molecule has 3 aromatic rings. The third-order valence-electron chi connectivity index (χ3n) is 5.66. The van der Waals surface area contributed by atoms with Crippen molar-refractivity contribution in [2.24, 2.45) is 5.73 Å². The van der Waals surface area contributed by atoms with Gasteiger partial charge in [-0.1, -0.05) is 24.3 Å². The van der Waals surface area contributed by atoms with E-state index in [-0.39, 0.29) is 30.2 Å². The van der Waals surface area contributed by atoms with Crippen LogP contribution in [0.3, 0.4) is 0 Å². The van der Waals surface area contributed by atoms with Gasteiger partial charge in [-0.05, 0) is 50.1 Å². The van der Waals surface area contributed by atoms with Crippen molar-refractivity contribution in [2.45, 2.75) is 31.7 Å². The molecule has 32 heavy (non-hydrogen) atoms. The summed E-state index contributed by atoms with van der Waals surface area (Å²) in [5.41, 5.74) is 8.25. The van der Waals surface area contributed by atoms with Crippen LogP contribution < -0.4 is 16.4 Å². The van der Waals surface area contributed by atoms with Gasteiger partial charge in [0.2, 0.25) is 5.91 Å². The van der Waals surface area contributed by atoms with Gasteiger partial charge in [0.05, 0.1) is 11.1 Å². The highest BCUT2D eigenvalue weighted by Crippen LogP contribution is 2.41. The smallest absolute Gasteiger partial charge is 0.251 e. The van der Waals surface area contributed by atoms with Crippen LogP contribution in [0.25, 0.3) is 11.3 Å². The number of rotatable bonds is 6. The van der Waals surface area contributed by atoms with Crippen molar-refractivity contribution in [2.75, 3.05) is 11.9 Å². The third kappa shape index (κ3) is 4.09. The van der Waals surface area contributed by atoms with E-state index >= 15 is 0 Å². The van der Waals surface area contributed by atoms with Gasteiger partial charge in [0.25, 0.3) is 5.91 Å². The Morgan fingerprint density at radius 3 is 2.72 bits per heavy atom. The van der Waals surface area contributed by atoms with Crippen LogP contribution in [0.5, 0.6) is 0 Å². The maximum Gasteiger partial charge on any atom is 0.251 e. The molecule has 2 amide bonds. The van der Waals surface area contributed by atoms with Gasteiger partial charge in [-0.2, -0.15) is 0 Å². The van der Waals surface area contributed by atoms with E-state index < -0.39 is 5.41 Å². The predicted molar refractivity (Wildman–Crippen MR) is 120 cm³/mol. The summed E-state index contributed by atoms with van der Waals surface area (Å²) >= 11 is 0. The minimum Gasteiger partial charge on any atom is -0.348 e. The number of nitrogens with two attached hydrogens (primary N) is 1. The molecule has 7 nitrogen and oxygen atoms in total. The number of halogens is 1. The van der Waals surface area contributed by atoms with Crippen molar-refractivity contribution in [3.05, 3.63) is 77.4 Å². The topological polar surface area (TPSA) is 110 Å². The van der Waals surface area contributed by atoms with Crippen LogP contribution in [0.1, 0.15) is 35.3 Å². The summed E-state index contributed by atoms with van der Waals surface area (Å²) < 4.78 is 13.5. The zero-order chi connectivity index (χ0) is 22.9. The molecule has 0 radical (unpaired) electrons. The first-order valence-electron chi connectivity index (χ1n) is 10.3. The van der Waals surface area contributed by atoms with Crippen LogP contribution >= 0.6 is 0 Å². The fraction of sp³-hybridized carbons (Fsp3) is 0.250. The molecule has 0 spiro atoms. The number of nitrogens with zero attached hydrogens (tertiary/aromatic N) is 2. The Balaban J connectivity index is 1.58. The molecule has 1 aromatic heterocycles. The molecule has 0 saturated carbocycles. The number of amides is 2. The summed E-state index contributed by atoms with van der Waals surface area (Å²) in [6, 6.07) is 12.9. The Morgan fingerprint density at radius 1 is 1.19 bits per heavy atom. The molecule has 2 aromatic carbocycles. The van der Waals surface area contributed by atoms with Crippen LogP contribution in [0, 0.1) is 5.82 Å². The van der Waals surface area contributed by atoms with Crippen LogP contribution in [0.2, 0.25) is 0 Å². The molecule has 1 aliphatic heterocycles. The molecule has 4 N–H and O–H groups in total. The Hall–Kier alpha value is -3.65. The van der Waals surface area contributed by atoms with Crippen LogP contribution in [0.4, 0.5) is 10.2 Å². The molecule has 0 saturated heterocycles. The van der Waals surface area contributed by atoms with E-state index in [9.17, 15) is 14.0 Å². The van der Waals surface area contributed by atoms with E-state index in [0.29, 0.717) is 34.6 Å². The summed E-state index contributed by atoms with van der Waals surface area (Å²) in [6.07, 6.45) is 1.81. The fourth-order valence-corrected chi connectivity index (χ4v) is 3.89. The number of hydrogen-bond acceptors (Lipinski definition) is 5. The quantitative estimate of drug-likeness (QED) is 0.554. The monoisotopic (exact) mass is 433 g/mol. The zero-order valence-electron chi connectivity index (χ0n) is 17.9. The number of aromatic nitrogens is 2. The lowest BCUT2D eigenvalue weighted by Gasteiger charge is -2.19. The van der Waals surface area contributed by atoms with E-state index in [2.05, 4.69) is 20.6 Å². The van der Waals surface area contributed by atoms with Crippen LogP contribution in [0.15, 0.2) is 54.9 Å². The molecule has 8 heteroatoms. The Morgan fingerprint density at radius 2 is 1.97 bits per heavy atom. The lowest BCUT2D eigenvalue weighted by Crippen LogP contribution is -2.41. The highest BCUT2D eigenvalue weighted by Gasteiger charge is 2.42. The van der Waals surface area contributed by atoms with E-state index in [1.165, 1.54) is 18.5 Å². The van der Waals surface area contributed by atoms with Gasteiger partial charge >= 0.3 is 0 Å². The number of carbonyl (C=O) groups excluding carboxylic acids is 2. The lowest BCUT2D eigenvalue weighted by molar-refractivity contribution is -0.119. The average molecular weight is 433 g/mol. The minimum absolute atomic E-state index is 0.147. The first kappa shape index (κ1) is 21.6. The van der Waals surface area contributed by atoms with Gasteiger partial charge in [0.1, 0.15) is 18.0 Å². The fourth-order valence-electron chi connectivity index (χ4n) is 3.89. The molecule has 0 bridgehead atoms. The van der Waals surface area contributed by atoms with Crippen molar-refractivity contribution in [3.8, 4) is 11.3 Å². The normalized spacial score (nSPS) is 15.1. The van der Waals surface area contributed by atoms with Crippen molar-refractivity contribution < 1.29 is 14.0 Å². The molecule has 0 fully saturated rings. The van der Waals surface area contributed by atoms with Gasteiger partial charge in [-0.25, -0.2) is 14.4 Å². The number of fused-ring (bicyclic) bond motifs is 1. The van der Waals surface area contributed by atoms with Gasteiger partial charge in [0, 0.05) is 29.3 Å². The van der Waals surface area contributed by atoms with Gasteiger partial charge in [-0.15, -0.1) is 0 Å². The number of benzene rings is 2. The summed E-state index contributed by atoms with van der Waals surface area (Å²) in [6.45, 7) is 3.84. The molecule has 0 aliphatic carbocycles. The maximum absolute atomic E-state index is 13.5. The molecular weight excluding hydrogens is 409 g/mol. The largest absolute Gasteiger partial charge is 0.348 e. The molecule has 4 rings (SSSR count). The van der Waals surface area contributed by atoms with E-state index in [4.69, 9.17) is 5.73 Å². The Bertz CT molecular complexity index is 1190. The summed E-state index contributed by atoms with van der Waals surface area (Å²) in [5.74, 6) is -0.284. The number of anilines is 1. The standard InChI is InChI=1S/C24H24FN5O2/c1-24(2)19-20(27-13-28-21(19)30-23(24)32)15-6-4-7-16(11-15)22(31)29-18(12-26)10-14-5-3-8-17(25)9-14/h3-9,11,13,18H,10,12,26H2,1-2H3,(H,29,31)(H,27,28,30,32)/t18-/m0/s1. The minimum atomic E-state index is -0.792. The molecule has 1 atom stereocenters. The first-order valence-corrected chi connectivity index (χ1v) is 10.3. The van der Waals surface area contributed by atoms with E-state index in [1.54, 1.807) is 30.3 Å². The molecule has 0 unspecified atom stereocenters. The predicted octanol–water partition coefficient (Wildman–Crippen LogP) is 2.81. The number of carbonyl (C=O) groups is 2. The molecule has 2 heterocycles. The van der Waals surface area contributed by atoms with Crippen LogP contribution in [-0.4, -0.2) is 34.4 Å². The Kier molecular flexibility index (Phi) is 5.71. The van der Waals surface area contributed by atoms with Gasteiger partial charge < -0.3 is 16.4 Å². The van der Waals surface area contributed by atoms with Gasteiger partial charge in [0.15, 0.2) is 0 Å². The van der Waals surface area contributed by atoms with Crippen molar-refractivity contribution in [1.29, 1.82) is 0 Å². The summed E-state index contributed by atoms with van der Waals surface area (Å²) in [7, 11) is 0. The second-order valence-corrected chi connectivity index (χ2v) is 8.35. The SMILES string of the molecule is CC1(C)C(=O)Nc2ncnc(-c3cccc(C(=O)N[C@H](CN)Cc4cccc(F)c4)c3)c21. The van der Waals surface area contributed by atoms with Crippen molar-refractivity contribution in [3.63, 3.8) is 0 Å². The lowest BCUT2D eigenvalue weighted by atomic mass is 9.84. The summed E-state index contributed by atoms with van der Waals surface area (Å²) in [5, 5.41) is 5.71. The van der Waals surface area contributed by atoms with Crippen LogP contribution in [-0.2, 0) is 16.6 Å². The molecule has 164 valence electrons. The highest BCUT2D eigenvalue weighted by molar-refractivity contribution is 6.06. The second kappa shape index (κ2) is 8.47. The Labute approximate surface area is 185 Å². The zero-order valence-corrected chi connectivity index (χ0v) is 17.9. The van der Waals surface area contributed by atoms with Gasteiger partial charge in [-0.3, -0.25) is 9.59 Å². The average Bonchev–Trinajstić information content (AvgIpc) is 3.01. The van der Waals surface area contributed by atoms with Crippen molar-refractivity contribution >= 4 is 17.6 Å².